The highest BCUT2D eigenvalue weighted by Gasteiger charge is 2.58. The molecule has 0 spiro atoms. The normalized spacial score (nSPS) is 19.8. The fourth-order valence-electron chi connectivity index (χ4n) is 6.75. The van der Waals surface area contributed by atoms with Crippen molar-refractivity contribution in [3.63, 3.8) is 0 Å². The van der Waals surface area contributed by atoms with Gasteiger partial charge < -0.3 is 14.8 Å². The van der Waals surface area contributed by atoms with Gasteiger partial charge >= 0.3 is 12.2 Å². The first-order valence-electron chi connectivity index (χ1n) is 15.4. The van der Waals surface area contributed by atoms with Gasteiger partial charge in [-0.05, 0) is 11.8 Å². The molecule has 2 atom stereocenters. The lowest BCUT2D eigenvalue weighted by atomic mass is 9.76. The molecular formula is C38H40N2O5. The lowest BCUT2D eigenvalue weighted by Gasteiger charge is -2.37. The number of imide groups is 1. The Morgan fingerprint density at radius 3 is 1.33 bits per heavy atom. The van der Waals surface area contributed by atoms with Crippen LogP contribution >= 0.6 is 0 Å². The quantitative estimate of drug-likeness (QED) is 0.244. The topological polar surface area (TPSA) is 84.9 Å². The third-order valence-electron chi connectivity index (χ3n) is 8.55. The van der Waals surface area contributed by atoms with Crippen LogP contribution in [0.1, 0.15) is 56.9 Å². The fraction of sp³-hybridized carbons (Fsp3) is 0.289. The van der Waals surface area contributed by atoms with Crippen molar-refractivity contribution in [3.05, 3.63) is 144 Å². The van der Waals surface area contributed by atoms with Crippen molar-refractivity contribution in [1.82, 2.24) is 10.2 Å². The van der Waals surface area contributed by atoms with E-state index in [0.717, 1.165) is 22.3 Å². The van der Waals surface area contributed by atoms with E-state index >= 15 is 0 Å². The Morgan fingerprint density at radius 2 is 1.00 bits per heavy atom. The van der Waals surface area contributed by atoms with Crippen molar-refractivity contribution in [2.75, 3.05) is 0 Å². The number of alkyl carbamates (subject to hydrolysis) is 1. The van der Waals surface area contributed by atoms with Gasteiger partial charge in [0.25, 0.3) is 0 Å². The summed E-state index contributed by atoms with van der Waals surface area (Å²) in [4.78, 5) is 38.0. The maximum atomic E-state index is 12.6. The molecule has 4 aromatic rings. The third-order valence-corrected chi connectivity index (χ3v) is 8.55. The van der Waals surface area contributed by atoms with Gasteiger partial charge in [-0.3, -0.25) is 4.79 Å². The smallest absolute Gasteiger partial charge is 0.418 e. The summed E-state index contributed by atoms with van der Waals surface area (Å²) in [6.07, 6.45) is -0.949. The molecular weight excluding hydrogens is 564 g/mol. The first-order valence-corrected chi connectivity index (χ1v) is 15.4. The number of nitrogens with one attached hydrogen (secondary N) is 1. The van der Waals surface area contributed by atoms with Gasteiger partial charge in [0.05, 0.1) is 12.1 Å². The number of cyclic esters (lactones) is 2. The van der Waals surface area contributed by atoms with Gasteiger partial charge in [0, 0.05) is 29.2 Å². The van der Waals surface area contributed by atoms with Crippen molar-refractivity contribution >= 4 is 18.1 Å². The number of benzene rings is 4. The van der Waals surface area contributed by atoms with Gasteiger partial charge in [-0.15, -0.1) is 0 Å². The van der Waals surface area contributed by atoms with Crippen molar-refractivity contribution in [1.29, 1.82) is 0 Å². The van der Waals surface area contributed by atoms with E-state index in [1.807, 2.05) is 135 Å². The molecule has 0 saturated carbocycles. The van der Waals surface area contributed by atoms with Crippen LogP contribution in [0.5, 0.6) is 0 Å². The molecule has 0 aromatic heterocycles. The number of hydrogen-bond acceptors (Lipinski definition) is 5. The Labute approximate surface area is 265 Å². The SMILES string of the molecule is CC(=O)N1C(=O)OC(c2ccccc2)(c2ccccc2)[C@@H]1C(C)C.CC(C)[C@@H]1NC(=O)OC1(c1ccccc1)c1ccccc1. The van der Waals surface area contributed by atoms with Gasteiger partial charge in [0.15, 0.2) is 11.2 Å². The van der Waals surface area contributed by atoms with Crippen molar-refractivity contribution < 1.29 is 23.9 Å². The van der Waals surface area contributed by atoms with Crippen LogP contribution < -0.4 is 5.32 Å². The predicted octanol–water partition coefficient (Wildman–Crippen LogP) is 7.65. The summed E-state index contributed by atoms with van der Waals surface area (Å²) in [6.45, 7) is 9.61. The Kier molecular flexibility index (Phi) is 9.09. The van der Waals surface area contributed by atoms with Crippen molar-refractivity contribution in [3.8, 4) is 0 Å². The van der Waals surface area contributed by atoms with E-state index in [4.69, 9.17) is 9.47 Å². The Bertz CT molecular complexity index is 1530. The molecule has 2 aliphatic heterocycles. The highest BCUT2D eigenvalue weighted by molar-refractivity contribution is 5.93. The molecule has 1 N–H and O–H groups in total. The van der Waals surface area contributed by atoms with Crippen LogP contribution in [0.3, 0.4) is 0 Å². The van der Waals surface area contributed by atoms with E-state index in [0.29, 0.717) is 0 Å². The molecule has 45 heavy (non-hydrogen) atoms. The first-order chi connectivity index (χ1) is 21.6. The van der Waals surface area contributed by atoms with Crippen LogP contribution in [0, 0.1) is 11.8 Å². The maximum Gasteiger partial charge on any atom is 0.418 e. The monoisotopic (exact) mass is 604 g/mol. The van der Waals surface area contributed by atoms with E-state index in [1.165, 1.54) is 11.8 Å². The summed E-state index contributed by atoms with van der Waals surface area (Å²) in [5.74, 6) is -0.0231. The van der Waals surface area contributed by atoms with E-state index in [1.54, 1.807) is 0 Å². The van der Waals surface area contributed by atoms with Crippen LogP contribution in [0.4, 0.5) is 9.59 Å². The minimum atomic E-state index is -1.00. The number of amides is 3. The maximum absolute atomic E-state index is 12.6. The van der Waals surface area contributed by atoms with Crippen LogP contribution in [0.25, 0.3) is 0 Å². The summed E-state index contributed by atoms with van der Waals surface area (Å²) in [6, 6.07) is 38.7. The summed E-state index contributed by atoms with van der Waals surface area (Å²) in [5.41, 5.74) is 1.95. The molecule has 0 radical (unpaired) electrons. The molecule has 6 rings (SSSR count). The van der Waals surface area contributed by atoms with Crippen LogP contribution in [-0.2, 0) is 25.5 Å². The van der Waals surface area contributed by atoms with Gasteiger partial charge in [-0.25, -0.2) is 14.5 Å². The molecule has 2 heterocycles. The summed E-state index contributed by atoms with van der Waals surface area (Å²) < 4.78 is 11.8. The average Bonchev–Trinajstić information content (AvgIpc) is 3.59. The van der Waals surface area contributed by atoms with E-state index < -0.39 is 23.3 Å². The molecule has 7 heteroatoms. The molecule has 0 unspecified atom stereocenters. The average molecular weight is 605 g/mol. The Morgan fingerprint density at radius 1 is 0.622 bits per heavy atom. The minimum Gasteiger partial charge on any atom is -0.431 e. The van der Waals surface area contributed by atoms with Crippen molar-refractivity contribution in [2.24, 2.45) is 11.8 Å². The highest BCUT2D eigenvalue weighted by atomic mass is 16.6. The standard InChI is InChI=1S/C20H21NO3.C18H19NO2/c1-14(2)18-20(16-10-6-4-7-11-16,17-12-8-5-9-13-17)24-19(23)21(18)15(3)22;1-13(2)16-18(21-17(20)19-16,14-9-5-3-6-10-14)15-11-7-4-8-12-15/h4-14,18H,1-3H3;3-13,16H,1-2H3,(H,19,20)/t18-;16-/m00/s1. The number of hydrogen-bond donors (Lipinski definition) is 1. The number of carbonyl (C=O) groups is 3. The third kappa shape index (κ3) is 5.70. The van der Waals surface area contributed by atoms with Gasteiger partial charge in [0.1, 0.15) is 0 Å². The Hall–Kier alpha value is -4.91. The summed E-state index contributed by atoms with van der Waals surface area (Å²) >= 11 is 0. The zero-order chi connectivity index (χ0) is 32.2. The molecule has 232 valence electrons. The second kappa shape index (κ2) is 13.0. The molecule has 7 nitrogen and oxygen atoms in total. The van der Waals surface area contributed by atoms with Crippen molar-refractivity contribution in [2.45, 2.75) is 57.9 Å². The fourth-order valence-corrected chi connectivity index (χ4v) is 6.75. The number of ether oxygens (including phenoxy) is 2. The predicted molar refractivity (Wildman–Crippen MR) is 173 cm³/mol. The van der Waals surface area contributed by atoms with Crippen LogP contribution in [0.2, 0.25) is 0 Å². The first kappa shape index (κ1) is 31.5. The molecule has 0 aliphatic carbocycles. The zero-order valence-corrected chi connectivity index (χ0v) is 26.3. The molecule has 0 bridgehead atoms. The van der Waals surface area contributed by atoms with E-state index in [9.17, 15) is 14.4 Å². The lowest BCUT2D eigenvalue weighted by molar-refractivity contribution is -0.128. The largest absolute Gasteiger partial charge is 0.431 e. The molecule has 2 saturated heterocycles. The van der Waals surface area contributed by atoms with E-state index in [2.05, 4.69) is 19.2 Å². The zero-order valence-electron chi connectivity index (χ0n) is 26.3. The second-order valence-corrected chi connectivity index (χ2v) is 12.1. The molecule has 2 aliphatic rings. The molecule has 4 aromatic carbocycles. The summed E-state index contributed by atoms with van der Waals surface area (Å²) in [7, 11) is 0. The second-order valence-electron chi connectivity index (χ2n) is 12.1. The van der Waals surface area contributed by atoms with Crippen LogP contribution in [-0.4, -0.2) is 35.1 Å². The summed E-state index contributed by atoms with van der Waals surface area (Å²) in [5, 5.41) is 2.98. The van der Waals surface area contributed by atoms with Gasteiger partial charge in [0.2, 0.25) is 5.91 Å². The van der Waals surface area contributed by atoms with E-state index in [-0.39, 0.29) is 29.9 Å². The minimum absolute atomic E-state index is 0.0285. The molecule has 3 amide bonds. The Balaban J connectivity index is 0.000000179. The number of nitrogens with zero attached hydrogens (tertiary/aromatic N) is 1. The number of rotatable bonds is 6. The van der Waals surface area contributed by atoms with Gasteiger partial charge in [-0.2, -0.15) is 0 Å². The van der Waals surface area contributed by atoms with Gasteiger partial charge in [-0.1, -0.05) is 149 Å². The van der Waals surface area contributed by atoms with Crippen LogP contribution in [0.15, 0.2) is 121 Å². The highest BCUT2D eigenvalue weighted by Crippen LogP contribution is 2.47. The lowest BCUT2D eigenvalue weighted by Crippen LogP contribution is -2.49. The number of carbonyl (C=O) groups excluding carboxylic acids is 3. The molecule has 2 fully saturated rings.